The molecule has 1 aliphatic rings. The van der Waals surface area contributed by atoms with Crippen molar-refractivity contribution >= 4 is 22.7 Å². The highest BCUT2D eigenvalue weighted by atomic mass is 19.1. The molecule has 1 fully saturated rings. The van der Waals surface area contributed by atoms with Crippen molar-refractivity contribution in [1.82, 2.24) is 19.5 Å². The summed E-state index contributed by atoms with van der Waals surface area (Å²) in [6.07, 6.45) is 4.87. The molecule has 0 atom stereocenters. The number of nitrogens with one attached hydrogen (secondary N) is 1. The average Bonchev–Trinajstić information content (AvgIpc) is 3.22. The fraction of sp³-hybridized carbons (Fsp3) is 0.240. The smallest absolute Gasteiger partial charge is 0.239 e. The minimum absolute atomic E-state index is 0.249. The van der Waals surface area contributed by atoms with Gasteiger partial charge in [-0.25, -0.2) is 23.2 Å². The van der Waals surface area contributed by atoms with E-state index in [9.17, 15) is 4.39 Å². The first kappa shape index (κ1) is 22.9. The van der Waals surface area contributed by atoms with Crippen molar-refractivity contribution < 1.29 is 18.0 Å². The summed E-state index contributed by atoms with van der Waals surface area (Å²) in [6, 6.07) is 10.9. The average molecular weight is 480 g/mol. The molecule has 0 spiro atoms. The van der Waals surface area contributed by atoms with E-state index < -0.39 is 17.5 Å². The largest absolute Gasteiger partial charge is 0.399 e. The second-order valence-corrected chi connectivity index (χ2v) is 8.20. The number of benzene rings is 2. The Morgan fingerprint density at radius 1 is 1.00 bits per heavy atom. The van der Waals surface area contributed by atoms with Gasteiger partial charge in [-0.05, 0) is 55.3 Å². The van der Waals surface area contributed by atoms with Crippen LogP contribution in [0.4, 0.5) is 19.1 Å². The number of halogens is 3. The van der Waals surface area contributed by atoms with Gasteiger partial charge in [-0.1, -0.05) is 17.6 Å². The van der Waals surface area contributed by atoms with Gasteiger partial charge in [0.2, 0.25) is 5.95 Å². The molecule has 1 aliphatic heterocycles. The van der Waals surface area contributed by atoms with Crippen molar-refractivity contribution in [2.24, 2.45) is 5.16 Å². The van der Waals surface area contributed by atoms with E-state index in [0.29, 0.717) is 22.6 Å². The van der Waals surface area contributed by atoms with E-state index >= 15 is 8.78 Å². The third kappa shape index (κ3) is 4.57. The van der Waals surface area contributed by atoms with Crippen molar-refractivity contribution in [2.75, 3.05) is 25.6 Å². The van der Waals surface area contributed by atoms with Gasteiger partial charge in [0.05, 0.1) is 5.69 Å². The molecular formula is C25H23F3N6O. The highest BCUT2D eigenvalue weighted by Crippen LogP contribution is 2.29. The first-order valence-corrected chi connectivity index (χ1v) is 11.3. The van der Waals surface area contributed by atoms with E-state index in [4.69, 9.17) is 4.84 Å². The van der Waals surface area contributed by atoms with Crippen LogP contribution in [0.15, 0.2) is 59.9 Å². The lowest BCUT2D eigenvalue weighted by atomic mass is 10.1. The predicted molar refractivity (Wildman–Crippen MR) is 127 cm³/mol. The molecule has 3 heterocycles. The summed E-state index contributed by atoms with van der Waals surface area (Å²) < 4.78 is 45.0. The van der Waals surface area contributed by atoms with Crippen LogP contribution in [0.3, 0.4) is 0 Å². The lowest BCUT2D eigenvalue weighted by Gasteiger charge is -2.26. The van der Waals surface area contributed by atoms with Crippen LogP contribution in [0, 0.1) is 17.5 Å². The number of hydrogen-bond acceptors (Lipinski definition) is 6. The second kappa shape index (κ2) is 9.75. The fourth-order valence-corrected chi connectivity index (χ4v) is 4.24. The van der Waals surface area contributed by atoms with Crippen LogP contribution >= 0.6 is 0 Å². The molecule has 4 aromatic rings. The Morgan fingerprint density at radius 3 is 2.40 bits per heavy atom. The van der Waals surface area contributed by atoms with Gasteiger partial charge >= 0.3 is 0 Å². The number of anilines is 1. The Balaban J connectivity index is 1.72. The molecule has 0 radical (unpaired) electrons. The van der Waals surface area contributed by atoms with E-state index in [1.165, 1.54) is 60.6 Å². The molecule has 180 valence electrons. The van der Waals surface area contributed by atoms with Crippen LogP contribution in [0.25, 0.3) is 16.7 Å². The molecule has 0 bridgehead atoms. The molecule has 1 N–H and O–H groups in total. The molecule has 0 unspecified atom stereocenters. The van der Waals surface area contributed by atoms with Gasteiger partial charge in [-0.2, -0.15) is 4.98 Å². The van der Waals surface area contributed by atoms with Gasteiger partial charge in [-0.15, -0.1) is 0 Å². The minimum Gasteiger partial charge on any atom is -0.399 e. The van der Waals surface area contributed by atoms with E-state index in [-0.39, 0.29) is 17.0 Å². The highest BCUT2D eigenvalue weighted by Gasteiger charge is 2.24. The van der Waals surface area contributed by atoms with E-state index in [1.807, 2.05) is 5.01 Å². The molecule has 35 heavy (non-hydrogen) atoms. The normalized spacial score (nSPS) is 14.9. The number of hydrogen-bond donors (Lipinski definition) is 1. The number of piperidine rings is 1. The third-order valence-corrected chi connectivity index (χ3v) is 5.86. The maximum Gasteiger partial charge on any atom is 0.239 e. The van der Waals surface area contributed by atoms with Crippen molar-refractivity contribution in [3.8, 4) is 5.69 Å². The molecule has 2 aromatic heterocycles. The van der Waals surface area contributed by atoms with Crippen molar-refractivity contribution in [2.45, 2.75) is 19.3 Å². The monoisotopic (exact) mass is 480 g/mol. The standard InChI is InChI=1S/C25H23F3N6O/c1-35-32-22(16-8-10-18(26)11-9-16)21-14-17-15-29-25(31-33-12-3-2-4-13-33)30-24(17)34(21)23-19(27)6-5-7-20(23)28/h5-11,14-15H,2-4,12-13H2,1H3,(H,29,30,31). The summed E-state index contributed by atoms with van der Waals surface area (Å²) in [5.41, 5.74) is 4.21. The van der Waals surface area contributed by atoms with Gasteiger partial charge in [-0.3, -0.25) is 9.99 Å². The van der Waals surface area contributed by atoms with Crippen LogP contribution < -0.4 is 5.43 Å². The third-order valence-electron chi connectivity index (χ3n) is 5.86. The SMILES string of the molecule is CON=C(c1ccc(F)cc1)c1cc2cnc(NN3CCCCC3)nc2n1-c1c(F)cccc1F. The lowest BCUT2D eigenvalue weighted by molar-refractivity contribution is 0.214. The Hall–Kier alpha value is -3.92. The Labute approximate surface area is 199 Å². The maximum absolute atomic E-state index is 15.1. The molecule has 1 saturated heterocycles. The predicted octanol–water partition coefficient (Wildman–Crippen LogP) is 5.05. The van der Waals surface area contributed by atoms with Crippen molar-refractivity contribution in [3.05, 3.63) is 83.4 Å². The zero-order valence-corrected chi connectivity index (χ0v) is 19.0. The fourth-order valence-electron chi connectivity index (χ4n) is 4.24. The second-order valence-electron chi connectivity index (χ2n) is 8.20. The Bertz CT molecular complexity index is 1360. The number of nitrogens with zero attached hydrogens (tertiary/aromatic N) is 5. The van der Waals surface area contributed by atoms with Crippen molar-refractivity contribution in [3.63, 3.8) is 0 Å². The topological polar surface area (TPSA) is 67.6 Å². The van der Waals surface area contributed by atoms with Crippen LogP contribution in [-0.4, -0.2) is 45.5 Å². The van der Waals surface area contributed by atoms with Gasteiger partial charge in [0.1, 0.15) is 36.0 Å². The Kier molecular flexibility index (Phi) is 6.37. The van der Waals surface area contributed by atoms with Crippen LogP contribution in [-0.2, 0) is 4.84 Å². The number of oxime groups is 1. The highest BCUT2D eigenvalue weighted by molar-refractivity contribution is 6.14. The number of fused-ring (bicyclic) bond motifs is 1. The Morgan fingerprint density at radius 2 is 1.71 bits per heavy atom. The zero-order valence-electron chi connectivity index (χ0n) is 19.0. The zero-order chi connectivity index (χ0) is 24.4. The summed E-state index contributed by atoms with van der Waals surface area (Å²) in [4.78, 5) is 14.1. The quantitative estimate of drug-likeness (QED) is 0.309. The number of rotatable bonds is 6. The first-order chi connectivity index (χ1) is 17.0. The van der Waals surface area contributed by atoms with Crippen LogP contribution in [0.5, 0.6) is 0 Å². The van der Waals surface area contributed by atoms with Crippen molar-refractivity contribution in [1.29, 1.82) is 0 Å². The summed E-state index contributed by atoms with van der Waals surface area (Å²) in [5.74, 6) is -1.66. The molecule has 10 heteroatoms. The molecule has 5 rings (SSSR count). The van der Waals surface area contributed by atoms with Gasteiger partial charge < -0.3 is 4.84 Å². The minimum atomic E-state index is -0.774. The summed E-state index contributed by atoms with van der Waals surface area (Å²) >= 11 is 0. The summed E-state index contributed by atoms with van der Waals surface area (Å²) in [5, 5.41) is 6.67. The van der Waals surface area contributed by atoms with E-state index in [1.54, 1.807) is 12.3 Å². The maximum atomic E-state index is 15.1. The molecule has 0 saturated carbocycles. The lowest BCUT2D eigenvalue weighted by Crippen LogP contribution is -2.35. The van der Waals surface area contributed by atoms with Gasteiger partial charge in [0, 0.05) is 30.2 Å². The molecule has 0 aliphatic carbocycles. The first-order valence-electron chi connectivity index (χ1n) is 11.3. The number of aromatic nitrogens is 3. The molecule has 7 nitrogen and oxygen atoms in total. The number of para-hydroxylation sites is 1. The summed E-state index contributed by atoms with van der Waals surface area (Å²) in [6.45, 7) is 1.70. The number of hydrazine groups is 1. The van der Waals surface area contributed by atoms with Gasteiger partial charge in [0.15, 0.2) is 5.65 Å². The summed E-state index contributed by atoms with van der Waals surface area (Å²) in [7, 11) is 1.36. The van der Waals surface area contributed by atoms with E-state index in [0.717, 1.165) is 25.9 Å². The molecule has 0 amide bonds. The van der Waals surface area contributed by atoms with Gasteiger partial charge in [0.25, 0.3) is 0 Å². The van der Waals surface area contributed by atoms with Crippen LogP contribution in [0.2, 0.25) is 0 Å². The van der Waals surface area contributed by atoms with Crippen LogP contribution in [0.1, 0.15) is 30.5 Å². The van der Waals surface area contributed by atoms with E-state index in [2.05, 4.69) is 20.5 Å². The molecule has 2 aromatic carbocycles. The molecular weight excluding hydrogens is 457 g/mol.